The predicted molar refractivity (Wildman–Crippen MR) is 80.2 cm³/mol. The molecule has 0 aliphatic heterocycles. The van der Waals surface area contributed by atoms with Gasteiger partial charge >= 0.3 is 0 Å². The predicted octanol–water partition coefficient (Wildman–Crippen LogP) is 5.62. The van der Waals surface area contributed by atoms with Gasteiger partial charge in [0.25, 0.3) is 0 Å². The monoisotopic (exact) mass is 293 g/mol. The molecular weight excluding hydrogens is 273 g/mol. The summed E-state index contributed by atoms with van der Waals surface area (Å²) in [5.41, 5.74) is 0.0168. The molecule has 0 N–H and O–H groups in total. The van der Waals surface area contributed by atoms with E-state index < -0.39 is 11.2 Å². The highest BCUT2D eigenvalue weighted by atomic mass is 35.5. The number of nitriles is 1. The van der Waals surface area contributed by atoms with E-state index in [-0.39, 0.29) is 10.4 Å². The maximum absolute atomic E-state index is 14.2. The number of halogens is 2. The fourth-order valence-corrected chi connectivity index (χ4v) is 4.15. The van der Waals surface area contributed by atoms with Crippen LogP contribution >= 0.6 is 11.6 Å². The Morgan fingerprint density at radius 1 is 1.25 bits per heavy atom. The highest BCUT2D eigenvalue weighted by Gasteiger charge is 2.55. The molecule has 0 heterocycles. The Morgan fingerprint density at radius 2 is 1.85 bits per heavy atom. The van der Waals surface area contributed by atoms with Gasteiger partial charge in [-0.2, -0.15) is 5.26 Å². The maximum atomic E-state index is 14.2. The van der Waals surface area contributed by atoms with Gasteiger partial charge in [-0.1, -0.05) is 50.4 Å². The SMILES string of the molecule is CCCC1(CCC)CC(C#N)(c2cccc(Cl)c2F)C1. The molecule has 108 valence electrons. The van der Waals surface area contributed by atoms with Crippen molar-refractivity contribution in [2.75, 3.05) is 0 Å². The summed E-state index contributed by atoms with van der Waals surface area (Å²) in [7, 11) is 0. The van der Waals surface area contributed by atoms with Crippen molar-refractivity contribution in [1.29, 1.82) is 5.26 Å². The number of hydrogen-bond acceptors (Lipinski definition) is 1. The van der Waals surface area contributed by atoms with E-state index in [9.17, 15) is 9.65 Å². The average molecular weight is 294 g/mol. The van der Waals surface area contributed by atoms with Crippen LogP contribution in [0.3, 0.4) is 0 Å². The molecule has 0 saturated heterocycles. The van der Waals surface area contributed by atoms with E-state index in [0.29, 0.717) is 5.56 Å². The van der Waals surface area contributed by atoms with Gasteiger partial charge in [0.1, 0.15) is 5.82 Å². The Labute approximate surface area is 125 Å². The minimum absolute atomic E-state index is 0.112. The van der Waals surface area contributed by atoms with Gasteiger partial charge in [0.2, 0.25) is 0 Å². The van der Waals surface area contributed by atoms with Crippen molar-refractivity contribution in [1.82, 2.24) is 0 Å². The topological polar surface area (TPSA) is 23.8 Å². The molecular formula is C17H21ClFN. The van der Waals surface area contributed by atoms with Gasteiger partial charge in [-0.25, -0.2) is 4.39 Å². The molecule has 0 bridgehead atoms. The largest absolute Gasteiger partial charge is 0.205 e. The first-order chi connectivity index (χ1) is 9.52. The van der Waals surface area contributed by atoms with E-state index in [4.69, 9.17) is 11.6 Å². The molecule has 1 nitrogen and oxygen atoms in total. The van der Waals surface area contributed by atoms with E-state index in [1.807, 2.05) is 0 Å². The van der Waals surface area contributed by atoms with Crippen LogP contribution in [0.1, 0.15) is 57.9 Å². The van der Waals surface area contributed by atoms with E-state index in [2.05, 4.69) is 19.9 Å². The molecule has 0 unspecified atom stereocenters. The third-order valence-corrected chi connectivity index (χ3v) is 4.89. The summed E-state index contributed by atoms with van der Waals surface area (Å²) in [6.45, 7) is 4.34. The Hall–Kier alpha value is -1.07. The molecule has 0 spiro atoms. The zero-order chi connectivity index (χ0) is 14.8. The zero-order valence-electron chi connectivity index (χ0n) is 12.2. The van der Waals surface area contributed by atoms with Crippen molar-refractivity contribution >= 4 is 11.6 Å². The first kappa shape index (κ1) is 15.3. The highest BCUT2D eigenvalue weighted by Crippen LogP contribution is 2.60. The average Bonchev–Trinajstić information content (AvgIpc) is 2.39. The number of hydrogen-bond donors (Lipinski definition) is 0. The lowest BCUT2D eigenvalue weighted by Gasteiger charge is -2.53. The molecule has 1 aromatic carbocycles. The van der Waals surface area contributed by atoms with Crippen LogP contribution in [0, 0.1) is 22.6 Å². The first-order valence-corrected chi connectivity index (χ1v) is 7.76. The van der Waals surface area contributed by atoms with Crippen LogP contribution in [0.4, 0.5) is 4.39 Å². The van der Waals surface area contributed by atoms with E-state index in [1.165, 1.54) is 6.07 Å². The van der Waals surface area contributed by atoms with Crippen LogP contribution < -0.4 is 0 Å². The molecule has 1 fully saturated rings. The van der Waals surface area contributed by atoms with Gasteiger partial charge in [-0.15, -0.1) is 0 Å². The van der Waals surface area contributed by atoms with Crippen molar-refractivity contribution in [2.24, 2.45) is 5.41 Å². The second kappa shape index (κ2) is 5.74. The van der Waals surface area contributed by atoms with E-state index in [0.717, 1.165) is 38.5 Å². The third-order valence-electron chi connectivity index (χ3n) is 4.60. The number of rotatable bonds is 5. The molecule has 1 saturated carbocycles. The summed E-state index contributed by atoms with van der Waals surface area (Å²) in [6.07, 6.45) is 5.98. The Bertz CT molecular complexity index is 518. The summed E-state index contributed by atoms with van der Waals surface area (Å²) >= 11 is 5.87. The van der Waals surface area contributed by atoms with Crippen LogP contribution in [0.25, 0.3) is 0 Å². The quantitative estimate of drug-likeness (QED) is 0.691. The molecule has 2 rings (SSSR count). The molecule has 1 aliphatic carbocycles. The van der Waals surface area contributed by atoms with Crippen LogP contribution in [0.15, 0.2) is 18.2 Å². The molecule has 0 amide bonds. The van der Waals surface area contributed by atoms with Crippen molar-refractivity contribution in [2.45, 2.75) is 57.8 Å². The second-order valence-electron chi connectivity index (χ2n) is 6.15. The summed E-state index contributed by atoms with van der Waals surface area (Å²) in [5.74, 6) is -0.419. The zero-order valence-corrected chi connectivity index (χ0v) is 12.9. The number of nitrogens with zero attached hydrogens (tertiary/aromatic N) is 1. The Kier molecular flexibility index (Phi) is 4.39. The lowest BCUT2D eigenvalue weighted by atomic mass is 9.48. The van der Waals surface area contributed by atoms with Crippen molar-refractivity contribution < 1.29 is 4.39 Å². The van der Waals surface area contributed by atoms with Crippen LogP contribution in [-0.4, -0.2) is 0 Å². The van der Waals surface area contributed by atoms with Crippen molar-refractivity contribution in [3.63, 3.8) is 0 Å². The van der Waals surface area contributed by atoms with Crippen LogP contribution in [0.5, 0.6) is 0 Å². The summed E-state index contributed by atoms with van der Waals surface area (Å²) in [5, 5.41) is 9.73. The molecule has 3 heteroatoms. The fraction of sp³-hybridized carbons (Fsp3) is 0.588. The van der Waals surface area contributed by atoms with Crippen LogP contribution in [0.2, 0.25) is 5.02 Å². The first-order valence-electron chi connectivity index (χ1n) is 7.38. The van der Waals surface area contributed by atoms with Gasteiger partial charge < -0.3 is 0 Å². The number of benzene rings is 1. The Morgan fingerprint density at radius 3 is 2.35 bits per heavy atom. The van der Waals surface area contributed by atoms with Gasteiger partial charge in [-0.3, -0.25) is 0 Å². The highest BCUT2D eigenvalue weighted by molar-refractivity contribution is 6.30. The Balaban J connectivity index is 2.31. The van der Waals surface area contributed by atoms with Gasteiger partial charge in [0.15, 0.2) is 0 Å². The third kappa shape index (κ3) is 2.44. The van der Waals surface area contributed by atoms with Gasteiger partial charge in [0, 0.05) is 5.56 Å². The van der Waals surface area contributed by atoms with E-state index >= 15 is 0 Å². The minimum atomic E-state index is -0.681. The normalized spacial score (nSPS) is 19.1. The molecule has 0 atom stereocenters. The van der Waals surface area contributed by atoms with Crippen molar-refractivity contribution in [3.8, 4) is 6.07 Å². The van der Waals surface area contributed by atoms with E-state index in [1.54, 1.807) is 12.1 Å². The van der Waals surface area contributed by atoms with Crippen molar-refractivity contribution in [3.05, 3.63) is 34.6 Å². The van der Waals surface area contributed by atoms with Gasteiger partial charge in [-0.05, 0) is 37.2 Å². The molecule has 0 aromatic heterocycles. The summed E-state index contributed by atoms with van der Waals surface area (Å²) in [6, 6.07) is 7.36. The molecule has 1 aliphatic rings. The lowest BCUT2D eigenvalue weighted by Crippen LogP contribution is -2.49. The standard InChI is InChI=1S/C17H21ClFN/c1-3-8-16(9-4-2)10-17(11-16,12-20)13-6-5-7-14(18)15(13)19/h5-7H,3-4,8-11H2,1-2H3. The van der Waals surface area contributed by atoms with Gasteiger partial charge in [0.05, 0.1) is 16.5 Å². The smallest absolute Gasteiger partial charge is 0.146 e. The molecule has 1 aromatic rings. The summed E-state index contributed by atoms with van der Waals surface area (Å²) in [4.78, 5) is 0. The summed E-state index contributed by atoms with van der Waals surface area (Å²) < 4.78 is 14.2. The van der Waals surface area contributed by atoms with Crippen LogP contribution in [-0.2, 0) is 5.41 Å². The maximum Gasteiger partial charge on any atom is 0.146 e. The molecule has 0 radical (unpaired) electrons. The second-order valence-corrected chi connectivity index (χ2v) is 6.56. The minimum Gasteiger partial charge on any atom is -0.205 e. The lowest BCUT2D eigenvalue weighted by molar-refractivity contribution is 0.0339. The molecule has 20 heavy (non-hydrogen) atoms. The fourth-order valence-electron chi connectivity index (χ4n) is 3.97.